The Kier molecular flexibility index (Phi) is 7.52. The fourth-order valence-electron chi connectivity index (χ4n) is 5.71. The Hall–Kier alpha value is -4.50. The van der Waals surface area contributed by atoms with Crippen molar-refractivity contribution < 1.29 is 9.59 Å². The summed E-state index contributed by atoms with van der Waals surface area (Å²) in [6.07, 6.45) is 8.32. The molecular weight excluding hydrogens is 514 g/mol. The van der Waals surface area contributed by atoms with Crippen molar-refractivity contribution in [1.82, 2.24) is 29.9 Å². The lowest BCUT2D eigenvalue weighted by Gasteiger charge is -2.28. The number of benzene rings is 2. The van der Waals surface area contributed by atoms with Crippen molar-refractivity contribution in [2.45, 2.75) is 31.3 Å². The van der Waals surface area contributed by atoms with Crippen molar-refractivity contribution in [3.63, 3.8) is 0 Å². The molecule has 0 radical (unpaired) electrons. The van der Waals surface area contributed by atoms with Gasteiger partial charge in [-0.25, -0.2) is 4.98 Å². The van der Waals surface area contributed by atoms with E-state index in [0.717, 1.165) is 48.2 Å². The number of piperidine rings is 1. The van der Waals surface area contributed by atoms with Gasteiger partial charge in [0.05, 0.1) is 17.8 Å². The van der Waals surface area contributed by atoms with Crippen LogP contribution in [-0.2, 0) is 0 Å². The van der Waals surface area contributed by atoms with Crippen molar-refractivity contribution >= 4 is 17.6 Å². The fraction of sp³-hybridized carbons (Fsp3) is 0.312. The number of carbonyl (C=O) groups is 2. The lowest BCUT2D eigenvalue weighted by atomic mass is 10.0. The topological polar surface area (TPSA) is 109 Å². The highest BCUT2D eigenvalue weighted by atomic mass is 16.2. The highest BCUT2D eigenvalue weighted by Gasteiger charge is 2.29. The summed E-state index contributed by atoms with van der Waals surface area (Å²) < 4.78 is 2.03. The number of nitrogens with two attached hydrogens (primary N) is 1. The first-order chi connectivity index (χ1) is 19.9. The van der Waals surface area contributed by atoms with Gasteiger partial charge in [-0.1, -0.05) is 42.5 Å². The van der Waals surface area contributed by atoms with Crippen LogP contribution >= 0.6 is 0 Å². The lowest BCUT2D eigenvalue weighted by molar-refractivity contribution is 0.0783. The van der Waals surface area contributed by atoms with E-state index in [0.29, 0.717) is 36.7 Å². The van der Waals surface area contributed by atoms with Crippen LogP contribution in [0.2, 0.25) is 0 Å². The molecule has 2 aliphatic heterocycles. The van der Waals surface area contributed by atoms with E-state index in [1.807, 2.05) is 71.7 Å². The predicted molar refractivity (Wildman–Crippen MR) is 159 cm³/mol. The second-order valence-electron chi connectivity index (χ2n) is 11.1. The highest BCUT2D eigenvalue weighted by molar-refractivity contribution is 6.00. The van der Waals surface area contributed by atoms with Gasteiger partial charge in [0.2, 0.25) is 0 Å². The standard InChI is InChI=1S/C32H35N7O2/c1-37-14-12-28(13-15-37)39-20-26(19-35-39)25-17-29(30(33)34-18-25)31(40)36-27-11-16-38(21-27)32(41)24-9-7-23(8-10-24)22-5-3-2-4-6-22/h2-10,17-20,27-28H,11-16,21H2,1H3,(H2,33,34)(H,36,40). The van der Waals surface area contributed by atoms with E-state index in [1.54, 1.807) is 17.2 Å². The molecule has 0 bridgehead atoms. The Bertz CT molecular complexity index is 1530. The molecular formula is C32H35N7O2. The number of nitrogens with one attached hydrogen (secondary N) is 1. The number of anilines is 1. The number of aromatic nitrogens is 3. The van der Waals surface area contributed by atoms with E-state index in [1.165, 1.54) is 0 Å². The van der Waals surface area contributed by atoms with E-state index < -0.39 is 0 Å². The van der Waals surface area contributed by atoms with Crippen LogP contribution in [0.4, 0.5) is 5.82 Å². The largest absolute Gasteiger partial charge is 0.383 e. The van der Waals surface area contributed by atoms with E-state index >= 15 is 0 Å². The van der Waals surface area contributed by atoms with Crippen molar-refractivity contribution in [2.24, 2.45) is 0 Å². The van der Waals surface area contributed by atoms with Gasteiger partial charge in [-0.05, 0) is 68.7 Å². The summed E-state index contributed by atoms with van der Waals surface area (Å²) in [4.78, 5) is 34.8. The molecule has 210 valence electrons. The second kappa shape index (κ2) is 11.5. The minimum absolute atomic E-state index is 0.0360. The first-order valence-electron chi connectivity index (χ1n) is 14.2. The molecule has 2 fully saturated rings. The monoisotopic (exact) mass is 549 g/mol. The lowest BCUT2D eigenvalue weighted by Crippen LogP contribution is -2.38. The van der Waals surface area contributed by atoms with Crippen LogP contribution in [0.1, 0.15) is 46.0 Å². The summed E-state index contributed by atoms with van der Waals surface area (Å²) in [6, 6.07) is 19.7. The number of rotatable bonds is 6. The minimum Gasteiger partial charge on any atom is -0.383 e. The molecule has 2 saturated heterocycles. The highest BCUT2D eigenvalue weighted by Crippen LogP contribution is 2.27. The summed E-state index contributed by atoms with van der Waals surface area (Å²) in [5, 5.41) is 7.66. The Morgan fingerprint density at radius 1 is 0.878 bits per heavy atom. The van der Waals surface area contributed by atoms with Gasteiger partial charge < -0.3 is 20.9 Å². The molecule has 1 atom stereocenters. The molecule has 2 aliphatic rings. The summed E-state index contributed by atoms with van der Waals surface area (Å²) in [7, 11) is 2.14. The van der Waals surface area contributed by atoms with Gasteiger partial charge in [0.15, 0.2) is 0 Å². The zero-order valence-electron chi connectivity index (χ0n) is 23.2. The molecule has 2 aromatic heterocycles. The average Bonchev–Trinajstić information content (AvgIpc) is 3.69. The van der Waals surface area contributed by atoms with Crippen molar-refractivity contribution in [3.05, 3.63) is 90.4 Å². The zero-order valence-corrected chi connectivity index (χ0v) is 23.2. The molecule has 9 nitrogen and oxygen atoms in total. The number of nitrogen functional groups attached to an aromatic ring is 1. The summed E-state index contributed by atoms with van der Waals surface area (Å²) in [5.74, 6) is -0.143. The van der Waals surface area contributed by atoms with Crippen LogP contribution in [0.3, 0.4) is 0 Å². The van der Waals surface area contributed by atoms with E-state index in [2.05, 4.69) is 27.3 Å². The van der Waals surface area contributed by atoms with Crippen molar-refractivity contribution in [3.8, 4) is 22.3 Å². The normalized spacial score (nSPS) is 18.0. The first kappa shape index (κ1) is 26.7. The van der Waals surface area contributed by atoms with Crippen LogP contribution in [0.5, 0.6) is 0 Å². The van der Waals surface area contributed by atoms with Crippen LogP contribution in [-0.4, -0.2) is 75.6 Å². The van der Waals surface area contributed by atoms with Gasteiger partial charge in [-0.2, -0.15) is 5.10 Å². The van der Waals surface area contributed by atoms with Crippen molar-refractivity contribution in [2.75, 3.05) is 39.0 Å². The molecule has 4 heterocycles. The quantitative estimate of drug-likeness (QED) is 0.375. The molecule has 6 rings (SSSR count). The molecule has 2 aromatic carbocycles. The zero-order chi connectivity index (χ0) is 28.3. The molecule has 0 aliphatic carbocycles. The molecule has 41 heavy (non-hydrogen) atoms. The van der Waals surface area contributed by atoms with Gasteiger partial charge in [-0.3, -0.25) is 14.3 Å². The van der Waals surface area contributed by atoms with Crippen LogP contribution in [0, 0.1) is 0 Å². The van der Waals surface area contributed by atoms with Gasteiger partial charge in [0.1, 0.15) is 5.82 Å². The smallest absolute Gasteiger partial charge is 0.255 e. The maximum Gasteiger partial charge on any atom is 0.255 e. The maximum absolute atomic E-state index is 13.2. The molecule has 4 aromatic rings. The predicted octanol–water partition coefficient (Wildman–Crippen LogP) is 4.11. The number of nitrogens with zero attached hydrogens (tertiary/aromatic N) is 5. The number of amides is 2. The fourth-order valence-corrected chi connectivity index (χ4v) is 5.71. The van der Waals surface area contributed by atoms with Gasteiger partial charge in [0, 0.05) is 48.2 Å². The molecule has 1 unspecified atom stereocenters. The number of hydrogen-bond donors (Lipinski definition) is 2. The Morgan fingerprint density at radius 2 is 1.61 bits per heavy atom. The van der Waals surface area contributed by atoms with Crippen LogP contribution in [0.25, 0.3) is 22.3 Å². The second-order valence-corrected chi connectivity index (χ2v) is 11.1. The third-order valence-corrected chi connectivity index (χ3v) is 8.21. The van der Waals surface area contributed by atoms with E-state index in [9.17, 15) is 9.59 Å². The number of hydrogen-bond acceptors (Lipinski definition) is 6. The van der Waals surface area contributed by atoms with Gasteiger partial charge >= 0.3 is 0 Å². The molecule has 0 saturated carbocycles. The van der Waals surface area contributed by atoms with Crippen LogP contribution in [0.15, 0.2) is 79.3 Å². The molecule has 2 amide bonds. The van der Waals surface area contributed by atoms with Crippen molar-refractivity contribution in [1.29, 1.82) is 0 Å². The molecule has 3 N–H and O–H groups in total. The number of carbonyl (C=O) groups excluding carboxylic acids is 2. The maximum atomic E-state index is 13.2. The summed E-state index contributed by atoms with van der Waals surface area (Å²) in [5.41, 5.74) is 11.0. The third kappa shape index (κ3) is 5.85. The Morgan fingerprint density at radius 3 is 2.37 bits per heavy atom. The molecule has 0 spiro atoms. The summed E-state index contributed by atoms with van der Waals surface area (Å²) in [6.45, 7) is 3.13. The molecule has 9 heteroatoms. The number of likely N-dealkylation sites (tertiary alicyclic amines) is 2. The van der Waals surface area contributed by atoms with Gasteiger partial charge in [0.25, 0.3) is 11.8 Å². The van der Waals surface area contributed by atoms with Gasteiger partial charge in [-0.15, -0.1) is 0 Å². The first-order valence-corrected chi connectivity index (χ1v) is 14.2. The summed E-state index contributed by atoms with van der Waals surface area (Å²) >= 11 is 0. The average molecular weight is 550 g/mol. The SMILES string of the molecule is CN1CCC(n2cc(-c3cnc(N)c(C(=O)NC4CCN(C(=O)c5ccc(-c6ccccc6)cc5)C4)c3)cn2)CC1. The Balaban J connectivity index is 1.08. The minimum atomic E-state index is -0.286. The Labute approximate surface area is 240 Å². The third-order valence-electron chi connectivity index (χ3n) is 8.21. The number of pyridine rings is 1. The van der Waals surface area contributed by atoms with E-state index in [-0.39, 0.29) is 23.7 Å². The van der Waals surface area contributed by atoms with Crippen LogP contribution < -0.4 is 11.1 Å². The van der Waals surface area contributed by atoms with E-state index in [4.69, 9.17) is 5.73 Å².